The molecule has 56 heavy (non-hydrogen) atoms. The molecule has 310 valence electrons. The number of cyclic esters (lactones) is 1. The number of esters is 2. The lowest BCUT2D eigenvalue weighted by Crippen LogP contribution is -2.60. The van der Waals surface area contributed by atoms with Crippen LogP contribution in [0.2, 0.25) is 0 Å². The van der Waals surface area contributed by atoms with E-state index in [1.54, 1.807) is 52.1 Å². The van der Waals surface area contributed by atoms with Crippen molar-refractivity contribution in [3.8, 4) is 0 Å². The summed E-state index contributed by atoms with van der Waals surface area (Å²) in [5.74, 6) is -2.55. The first kappa shape index (κ1) is 45.2. The third-order valence-corrected chi connectivity index (χ3v) is 11.5. The molecule has 0 bridgehead atoms. The van der Waals surface area contributed by atoms with Gasteiger partial charge in [-0.1, -0.05) is 69.3 Å². The van der Waals surface area contributed by atoms with E-state index in [1.165, 1.54) is 0 Å². The fourth-order valence-corrected chi connectivity index (χ4v) is 8.24. The summed E-state index contributed by atoms with van der Waals surface area (Å²) in [6.07, 6.45) is -1.80. The average molecular weight is 781 g/mol. The highest BCUT2D eigenvalue weighted by Gasteiger charge is 2.52. The number of hydrogen-bond donors (Lipinski definition) is 0. The number of methoxy groups -OCH3 is 1. The number of hydrogen-bond acceptors (Lipinski definition) is 12. The molecular formula is C44H64N2O10. The second kappa shape index (κ2) is 20.3. The van der Waals surface area contributed by atoms with E-state index in [0.717, 1.165) is 11.8 Å². The first-order valence-corrected chi connectivity index (χ1v) is 19.9. The van der Waals surface area contributed by atoms with Crippen molar-refractivity contribution in [3.05, 3.63) is 71.8 Å². The number of ether oxygens (including phenoxy) is 6. The number of nitrogens with zero attached hydrogens (tertiary/aromatic N) is 2. The zero-order valence-electron chi connectivity index (χ0n) is 35.0. The summed E-state index contributed by atoms with van der Waals surface area (Å²) < 4.78 is 38.4. The van der Waals surface area contributed by atoms with Gasteiger partial charge in [-0.3, -0.25) is 14.5 Å². The highest BCUT2D eigenvalue weighted by molar-refractivity contribution is 6.04. The van der Waals surface area contributed by atoms with Crippen LogP contribution in [0.3, 0.4) is 0 Å². The molecule has 2 aromatic rings. The van der Waals surface area contributed by atoms with Gasteiger partial charge in [0.1, 0.15) is 18.3 Å². The third kappa shape index (κ3) is 11.1. The lowest BCUT2D eigenvalue weighted by molar-refractivity contribution is -0.295. The van der Waals surface area contributed by atoms with Crippen LogP contribution in [0, 0.1) is 17.3 Å². The number of ketones is 1. The molecule has 12 nitrogen and oxygen atoms in total. The Morgan fingerprint density at radius 1 is 1.02 bits per heavy atom. The molecule has 2 saturated heterocycles. The maximum atomic E-state index is 14.6. The Bertz CT molecular complexity index is 1570. The van der Waals surface area contributed by atoms with Crippen molar-refractivity contribution in [2.45, 2.75) is 123 Å². The predicted octanol–water partition coefficient (Wildman–Crippen LogP) is 5.75. The van der Waals surface area contributed by atoms with Gasteiger partial charge in [-0.25, -0.2) is 4.79 Å². The summed E-state index contributed by atoms with van der Waals surface area (Å²) >= 11 is 0. The average Bonchev–Trinajstić information content (AvgIpc) is 3.18. The molecule has 0 radical (unpaired) electrons. The van der Waals surface area contributed by atoms with E-state index in [2.05, 4.69) is 11.8 Å². The Hall–Kier alpha value is -3.52. The van der Waals surface area contributed by atoms with Crippen LogP contribution >= 0.6 is 0 Å². The zero-order valence-corrected chi connectivity index (χ0v) is 35.0. The molecular weight excluding hydrogens is 716 g/mol. The van der Waals surface area contributed by atoms with Crippen molar-refractivity contribution in [3.63, 3.8) is 0 Å². The molecule has 4 rings (SSSR count). The summed E-state index contributed by atoms with van der Waals surface area (Å²) in [5.41, 5.74) is -1.33. The van der Waals surface area contributed by atoms with Crippen molar-refractivity contribution in [2.75, 3.05) is 40.9 Å². The quantitative estimate of drug-likeness (QED) is 0.140. The number of aldehydes is 1. The lowest BCUT2D eigenvalue weighted by Gasteiger charge is -2.48. The molecule has 0 N–H and O–H groups in total. The van der Waals surface area contributed by atoms with E-state index in [-0.39, 0.29) is 37.7 Å². The van der Waals surface area contributed by atoms with E-state index in [0.29, 0.717) is 31.5 Å². The number of carbonyl (C=O) groups excluding carboxylic acids is 4. The Labute approximate surface area is 333 Å². The molecule has 0 saturated carbocycles. The molecule has 0 aliphatic carbocycles. The van der Waals surface area contributed by atoms with Gasteiger partial charge in [-0.05, 0) is 84.8 Å². The topological polar surface area (TPSA) is 130 Å². The van der Waals surface area contributed by atoms with Crippen molar-refractivity contribution < 1.29 is 47.6 Å². The molecule has 2 aliphatic heterocycles. The number of Topliss-reactive ketones (excluding diaryl/α,β-unsaturated/α-hetero) is 1. The Morgan fingerprint density at radius 3 is 2.25 bits per heavy atom. The van der Waals surface area contributed by atoms with Crippen LogP contribution in [0.5, 0.6) is 0 Å². The highest BCUT2D eigenvalue weighted by Crippen LogP contribution is 2.39. The second-order valence-corrected chi connectivity index (χ2v) is 16.5. The third-order valence-electron chi connectivity index (χ3n) is 11.5. The van der Waals surface area contributed by atoms with E-state index in [1.807, 2.05) is 76.2 Å². The van der Waals surface area contributed by atoms with Crippen LogP contribution in [0.25, 0.3) is 0 Å². The predicted molar refractivity (Wildman–Crippen MR) is 212 cm³/mol. The Morgan fingerprint density at radius 2 is 1.66 bits per heavy atom. The van der Waals surface area contributed by atoms with E-state index < -0.39 is 65.3 Å². The number of benzene rings is 2. The first-order chi connectivity index (χ1) is 26.6. The Balaban J connectivity index is 1.73. The minimum atomic E-state index is -1.59. The minimum absolute atomic E-state index is 0.0429. The van der Waals surface area contributed by atoms with Crippen molar-refractivity contribution in [1.29, 1.82) is 0 Å². The van der Waals surface area contributed by atoms with E-state index in [4.69, 9.17) is 28.4 Å². The molecule has 2 aromatic carbocycles. The summed E-state index contributed by atoms with van der Waals surface area (Å²) in [6, 6.07) is 17.7. The van der Waals surface area contributed by atoms with Crippen LogP contribution in [0.15, 0.2) is 60.7 Å². The molecule has 0 amide bonds. The fraction of sp³-hybridized carbons (Fsp3) is 0.636. The van der Waals surface area contributed by atoms with Crippen LogP contribution < -0.4 is 0 Å². The van der Waals surface area contributed by atoms with Gasteiger partial charge in [0.25, 0.3) is 0 Å². The Kier molecular flexibility index (Phi) is 16.3. The summed E-state index contributed by atoms with van der Waals surface area (Å²) in [7, 11) is 5.43. The minimum Gasteiger partial charge on any atom is -0.463 e. The highest BCUT2D eigenvalue weighted by atomic mass is 16.7. The zero-order chi connectivity index (χ0) is 41.2. The van der Waals surface area contributed by atoms with Crippen LogP contribution in [0.1, 0.15) is 83.7 Å². The first-order valence-electron chi connectivity index (χ1n) is 19.9. The van der Waals surface area contributed by atoms with Gasteiger partial charge in [-0.15, -0.1) is 0 Å². The molecule has 12 heteroatoms. The largest absolute Gasteiger partial charge is 0.463 e. The summed E-state index contributed by atoms with van der Waals surface area (Å²) in [4.78, 5) is 58.4. The van der Waals surface area contributed by atoms with Gasteiger partial charge in [0.05, 0.1) is 48.2 Å². The van der Waals surface area contributed by atoms with E-state index in [9.17, 15) is 19.2 Å². The van der Waals surface area contributed by atoms with Gasteiger partial charge in [0.15, 0.2) is 18.2 Å². The standard InChI is InChI=1S/C44H64N2O10/c1-11-46-26-29(2)25-44(7,51-10)39(56-41-37(34(45(8)9)24-30(3)54-41)55-40(49)33-20-16-13-17-21-33)31(4)38(48)43(5,6)42(50)53-28-35(46)36(22-23-47)52-27-32-18-14-12-15-19-32/h12-21,23,29-31,34-37,39,41H,11,22,24-28H2,1-10H3/t29-,30-,31+,34+,35+,36-,37-,39-,41+,44-/m1/s1. The van der Waals surface area contributed by atoms with Crippen molar-refractivity contribution >= 4 is 24.0 Å². The molecule has 0 aromatic heterocycles. The summed E-state index contributed by atoms with van der Waals surface area (Å²) in [6.45, 7) is 14.1. The van der Waals surface area contributed by atoms with Crippen LogP contribution in [0.4, 0.5) is 0 Å². The van der Waals surface area contributed by atoms with Crippen LogP contribution in [-0.4, -0.2) is 123 Å². The van der Waals surface area contributed by atoms with Gasteiger partial charge < -0.3 is 38.1 Å². The maximum Gasteiger partial charge on any atom is 0.338 e. The van der Waals surface area contributed by atoms with Gasteiger partial charge in [0.2, 0.25) is 0 Å². The molecule has 0 spiro atoms. The van der Waals surface area contributed by atoms with Crippen molar-refractivity contribution in [2.24, 2.45) is 17.3 Å². The summed E-state index contributed by atoms with van der Waals surface area (Å²) in [5, 5.41) is 0. The number of likely N-dealkylation sites (N-methyl/N-ethyl adjacent to an activating group) is 2. The maximum absolute atomic E-state index is 14.6. The van der Waals surface area contributed by atoms with Crippen molar-refractivity contribution in [1.82, 2.24) is 9.80 Å². The SMILES string of the molecule is CCN1C[C@H](C)C[C@@](C)(OC)[C@H](O[C@@H]2O[C@H](C)C[C@H](N(C)C)[C@H]2OC(=O)c2ccccc2)[C@@H](C)C(=O)C(C)(C)C(=O)OC[C@H]1[C@@H](CC=O)OCc1ccccc1. The molecule has 10 atom stereocenters. The van der Waals surface area contributed by atoms with E-state index >= 15 is 0 Å². The second-order valence-electron chi connectivity index (χ2n) is 16.5. The molecule has 2 aliphatic rings. The normalized spacial score (nSPS) is 31.3. The number of rotatable bonds is 13. The fourth-order valence-electron chi connectivity index (χ4n) is 8.24. The molecule has 2 fully saturated rings. The molecule has 0 unspecified atom stereocenters. The lowest BCUT2D eigenvalue weighted by atomic mass is 9.74. The van der Waals surface area contributed by atoms with Gasteiger partial charge in [-0.2, -0.15) is 0 Å². The monoisotopic (exact) mass is 780 g/mol. The van der Waals surface area contributed by atoms with Crippen LogP contribution in [-0.2, 0) is 49.4 Å². The molecule has 2 heterocycles. The van der Waals surface area contributed by atoms with Gasteiger partial charge in [0, 0.05) is 26.0 Å². The van der Waals surface area contributed by atoms with Gasteiger partial charge >= 0.3 is 11.9 Å². The smallest absolute Gasteiger partial charge is 0.338 e. The number of carbonyl (C=O) groups is 4.